The number of carbonyl (C=O) groups is 1. The number of thioether (sulfide) groups is 1. The minimum Gasteiger partial charge on any atom is -0.482 e. The first-order valence-electron chi connectivity index (χ1n) is 5.28. The molecule has 2 rings (SSSR count). The van der Waals surface area contributed by atoms with Crippen LogP contribution in [0.25, 0.3) is 0 Å². The van der Waals surface area contributed by atoms with Crippen LogP contribution >= 0.6 is 11.8 Å². The maximum absolute atomic E-state index is 10.4. The minimum absolute atomic E-state index is 0.275. The normalized spacial score (nSPS) is 19.6. The molecule has 0 saturated carbocycles. The zero-order valence-electron chi connectivity index (χ0n) is 8.89. The second-order valence-corrected chi connectivity index (χ2v) is 4.97. The van der Waals surface area contributed by atoms with Crippen LogP contribution in [0.4, 0.5) is 0 Å². The van der Waals surface area contributed by atoms with Crippen LogP contribution in [0.2, 0.25) is 0 Å². The third-order valence-corrected chi connectivity index (χ3v) is 3.78. The van der Waals surface area contributed by atoms with E-state index in [-0.39, 0.29) is 6.61 Å². The molecular weight excluding hydrogens is 224 g/mol. The molecule has 0 spiro atoms. The van der Waals surface area contributed by atoms with E-state index >= 15 is 0 Å². The van der Waals surface area contributed by atoms with Crippen molar-refractivity contribution in [3.8, 4) is 5.75 Å². The van der Waals surface area contributed by atoms with Crippen LogP contribution in [0.1, 0.15) is 17.9 Å². The molecule has 1 N–H and O–H groups in total. The van der Waals surface area contributed by atoms with E-state index in [4.69, 9.17) is 9.84 Å². The highest BCUT2D eigenvalue weighted by Gasteiger charge is 2.17. The summed E-state index contributed by atoms with van der Waals surface area (Å²) in [5.41, 5.74) is 1.26. The molecule has 0 bridgehead atoms. The highest BCUT2D eigenvalue weighted by atomic mass is 32.2. The summed E-state index contributed by atoms with van der Waals surface area (Å²) in [6, 6.07) is 7.77. The second kappa shape index (κ2) is 5.25. The second-order valence-electron chi connectivity index (χ2n) is 3.82. The Kier molecular flexibility index (Phi) is 3.72. The van der Waals surface area contributed by atoms with Crippen molar-refractivity contribution in [2.24, 2.45) is 0 Å². The van der Waals surface area contributed by atoms with Crippen molar-refractivity contribution >= 4 is 17.7 Å². The lowest BCUT2D eigenvalue weighted by Crippen LogP contribution is -2.09. The lowest BCUT2D eigenvalue weighted by Gasteiger charge is -2.10. The van der Waals surface area contributed by atoms with Gasteiger partial charge < -0.3 is 9.84 Å². The smallest absolute Gasteiger partial charge is 0.341 e. The average molecular weight is 238 g/mol. The zero-order valence-corrected chi connectivity index (χ0v) is 9.70. The Bertz CT molecular complexity index is 372. The summed E-state index contributed by atoms with van der Waals surface area (Å²) in [7, 11) is 0. The lowest BCUT2D eigenvalue weighted by atomic mass is 9.99. The maximum atomic E-state index is 10.4. The van der Waals surface area contributed by atoms with Gasteiger partial charge >= 0.3 is 5.97 Å². The Morgan fingerprint density at radius 1 is 1.56 bits per heavy atom. The van der Waals surface area contributed by atoms with Gasteiger partial charge in [-0.25, -0.2) is 4.79 Å². The lowest BCUT2D eigenvalue weighted by molar-refractivity contribution is -0.139. The molecular formula is C12H14O3S. The number of benzene rings is 1. The van der Waals surface area contributed by atoms with Gasteiger partial charge in [-0.1, -0.05) is 12.1 Å². The van der Waals surface area contributed by atoms with Gasteiger partial charge in [0.05, 0.1) is 0 Å². The summed E-state index contributed by atoms with van der Waals surface area (Å²) in [5, 5.41) is 8.53. The number of carboxylic acid groups (broad SMARTS) is 1. The van der Waals surface area contributed by atoms with Crippen LogP contribution in [0, 0.1) is 0 Å². The molecule has 1 atom stereocenters. The van der Waals surface area contributed by atoms with Crippen molar-refractivity contribution in [1.82, 2.24) is 0 Å². The monoisotopic (exact) mass is 238 g/mol. The van der Waals surface area contributed by atoms with Gasteiger partial charge in [0.25, 0.3) is 0 Å². The summed E-state index contributed by atoms with van der Waals surface area (Å²) in [6.45, 7) is -0.275. The SMILES string of the molecule is O=C(O)COc1cccc(C2CCSC2)c1. The molecule has 1 aromatic rings. The van der Waals surface area contributed by atoms with Crippen molar-refractivity contribution in [2.75, 3.05) is 18.1 Å². The average Bonchev–Trinajstić information content (AvgIpc) is 2.80. The number of hydrogen-bond acceptors (Lipinski definition) is 3. The standard InChI is InChI=1S/C12H14O3S/c13-12(14)7-15-11-3-1-2-9(6-11)10-4-5-16-8-10/h1-3,6,10H,4-5,7-8H2,(H,13,14). The van der Waals surface area contributed by atoms with Gasteiger partial charge in [-0.15, -0.1) is 0 Å². The molecule has 1 heterocycles. The Labute approximate surface area is 98.8 Å². The van der Waals surface area contributed by atoms with Gasteiger partial charge in [-0.05, 0) is 35.8 Å². The van der Waals surface area contributed by atoms with E-state index in [0.717, 1.165) is 5.75 Å². The Balaban J connectivity index is 2.03. The third kappa shape index (κ3) is 2.92. The molecule has 1 fully saturated rings. The van der Waals surface area contributed by atoms with Crippen LogP contribution in [0.3, 0.4) is 0 Å². The van der Waals surface area contributed by atoms with Crippen molar-refractivity contribution in [3.63, 3.8) is 0 Å². The highest BCUT2D eigenvalue weighted by Crippen LogP contribution is 2.33. The predicted octanol–water partition coefficient (Wildman–Crippen LogP) is 2.37. The predicted molar refractivity (Wildman–Crippen MR) is 64.3 cm³/mol. The molecule has 0 aromatic heterocycles. The Morgan fingerprint density at radius 3 is 3.12 bits per heavy atom. The first kappa shape index (κ1) is 11.3. The first-order valence-corrected chi connectivity index (χ1v) is 6.43. The van der Waals surface area contributed by atoms with Crippen LogP contribution in [-0.2, 0) is 4.79 Å². The molecule has 1 aromatic carbocycles. The van der Waals surface area contributed by atoms with Crippen LogP contribution in [0.5, 0.6) is 5.75 Å². The van der Waals surface area contributed by atoms with Gasteiger partial charge in [-0.2, -0.15) is 11.8 Å². The summed E-state index contributed by atoms with van der Waals surface area (Å²) in [6.07, 6.45) is 1.20. The first-order chi connectivity index (χ1) is 7.75. The topological polar surface area (TPSA) is 46.5 Å². The van der Waals surface area contributed by atoms with Crippen molar-refractivity contribution in [3.05, 3.63) is 29.8 Å². The fourth-order valence-electron chi connectivity index (χ4n) is 1.80. The van der Waals surface area contributed by atoms with Gasteiger partial charge in [-0.3, -0.25) is 0 Å². The van der Waals surface area contributed by atoms with E-state index < -0.39 is 5.97 Å². The van der Waals surface area contributed by atoms with Crippen molar-refractivity contribution in [2.45, 2.75) is 12.3 Å². The molecule has 1 aliphatic heterocycles. The zero-order chi connectivity index (χ0) is 11.4. The molecule has 1 aliphatic rings. The largest absolute Gasteiger partial charge is 0.482 e. The summed E-state index contributed by atoms with van der Waals surface area (Å²) in [5.74, 6) is 2.67. The third-order valence-electron chi connectivity index (χ3n) is 2.62. The fraction of sp³-hybridized carbons (Fsp3) is 0.417. The molecule has 0 aliphatic carbocycles. The number of rotatable bonds is 4. The molecule has 86 valence electrons. The van der Waals surface area contributed by atoms with E-state index in [9.17, 15) is 4.79 Å². The highest BCUT2D eigenvalue weighted by molar-refractivity contribution is 7.99. The summed E-state index contributed by atoms with van der Waals surface area (Å²) in [4.78, 5) is 10.4. The summed E-state index contributed by atoms with van der Waals surface area (Å²) < 4.78 is 5.16. The van der Waals surface area contributed by atoms with Crippen LogP contribution in [0.15, 0.2) is 24.3 Å². The van der Waals surface area contributed by atoms with Crippen LogP contribution < -0.4 is 4.74 Å². The molecule has 0 radical (unpaired) electrons. The molecule has 1 saturated heterocycles. The number of aliphatic carboxylic acids is 1. The van der Waals surface area contributed by atoms with Crippen LogP contribution in [-0.4, -0.2) is 29.2 Å². The molecule has 16 heavy (non-hydrogen) atoms. The molecule has 4 heteroatoms. The van der Waals surface area contributed by atoms with E-state index in [0.29, 0.717) is 11.7 Å². The number of carboxylic acids is 1. The minimum atomic E-state index is -0.943. The quantitative estimate of drug-likeness (QED) is 0.874. The fourth-order valence-corrected chi connectivity index (χ4v) is 3.06. The van der Waals surface area contributed by atoms with E-state index in [1.807, 2.05) is 23.9 Å². The van der Waals surface area contributed by atoms with Gasteiger partial charge in [0.1, 0.15) is 5.75 Å². The Hall–Kier alpha value is -1.16. The van der Waals surface area contributed by atoms with E-state index in [1.165, 1.54) is 17.7 Å². The molecule has 1 unspecified atom stereocenters. The summed E-state index contributed by atoms with van der Waals surface area (Å²) >= 11 is 1.97. The van der Waals surface area contributed by atoms with Crippen molar-refractivity contribution in [1.29, 1.82) is 0 Å². The Morgan fingerprint density at radius 2 is 2.44 bits per heavy atom. The van der Waals surface area contributed by atoms with Crippen molar-refractivity contribution < 1.29 is 14.6 Å². The van der Waals surface area contributed by atoms with E-state index in [1.54, 1.807) is 6.07 Å². The number of ether oxygens (including phenoxy) is 1. The molecule has 3 nitrogen and oxygen atoms in total. The van der Waals surface area contributed by atoms with Gasteiger partial charge in [0.2, 0.25) is 0 Å². The maximum Gasteiger partial charge on any atom is 0.341 e. The van der Waals surface area contributed by atoms with Gasteiger partial charge in [0.15, 0.2) is 6.61 Å². The van der Waals surface area contributed by atoms with Gasteiger partial charge in [0, 0.05) is 5.75 Å². The van der Waals surface area contributed by atoms with E-state index in [2.05, 4.69) is 6.07 Å². The number of hydrogen-bond donors (Lipinski definition) is 1. The molecule has 0 amide bonds.